The molecule has 0 aromatic heterocycles. The summed E-state index contributed by atoms with van der Waals surface area (Å²) >= 11 is 5.27. The zero-order valence-electron chi connectivity index (χ0n) is 13.7. The van der Waals surface area contributed by atoms with Gasteiger partial charge in [-0.2, -0.15) is 0 Å². The summed E-state index contributed by atoms with van der Waals surface area (Å²) < 4.78 is 15.4. The van der Waals surface area contributed by atoms with Crippen molar-refractivity contribution >= 4 is 11.6 Å². The first-order chi connectivity index (χ1) is 11.3. The molecule has 2 saturated heterocycles. The van der Waals surface area contributed by atoms with Crippen LogP contribution in [-0.4, -0.2) is 55.2 Å². The number of epoxide rings is 2. The predicted molar refractivity (Wildman–Crippen MR) is 91.9 cm³/mol. The van der Waals surface area contributed by atoms with Crippen molar-refractivity contribution in [1.82, 2.24) is 0 Å². The number of rotatable bonds is 4. The molecule has 4 rings (SSSR count). The minimum absolute atomic E-state index is 0.145. The van der Waals surface area contributed by atoms with E-state index in [9.17, 15) is 0 Å². The number of allylic oxidation sites excluding steroid dienone is 2. The molecule has 4 atom stereocenters. The summed E-state index contributed by atoms with van der Waals surface area (Å²) in [7, 11) is 0. The van der Waals surface area contributed by atoms with E-state index in [0.29, 0.717) is 24.2 Å². The third-order valence-electron chi connectivity index (χ3n) is 3.91. The number of aliphatic hydroxyl groups excluding tert-OH is 1. The SMILES string of the molecule is C1=CC(OCC2CO2)CCC1.ClCC1CO1.OC1C=CCCC1. The van der Waals surface area contributed by atoms with E-state index in [1.165, 1.54) is 19.3 Å². The zero-order chi connectivity index (χ0) is 16.3. The first kappa shape index (κ1) is 18.9. The Morgan fingerprint density at radius 3 is 2.00 bits per heavy atom. The predicted octanol–water partition coefficient (Wildman–Crippen LogP) is 3.22. The maximum Gasteiger partial charge on any atom is 0.104 e. The number of ether oxygens (including phenoxy) is 3. The fourth-order valence-electron chi connectivity index (χ4n) is 2.27. The number of aliphatic hydroxyl groups is 1. The Balaban J connectivity index is 0.000000137. The zero-order valence-corrected chi connectivity index (χ0v) is 14.5. The second-order valence-electron chi connectivity index (χ2n) is 6.22. The van der Waals surface area contributed by atoms with E-state index >= 15 is 0 Å². The average Bonchev–Trinajstić information content (AvgIpc) is 3.50. The summed E-state index contributed by atoms with van der Waals surface area (Å²) in [6.45, 7) is 2.56. The lowest BCUT2D eigenvalue weighted by Crippen LogP contribution is -2.15. The summed E-state index contributed by atoms with van der Waals surface area (Å²) in [5, 5.41) is 8.82. The molecule has 5 heteroatoms. The lowest BCUT2D eigenvalue weighted by Gasteiger charge is -2.16. The summed E-state index contributed by atoms with van der Waals surface area (Å²) in [4.78, 5) is 0. The van der Waals surface area contributed by atoms with Crippen molar-refractivity contribution in [3.8, 4) is 0 Å². The van der Waals surface area contributed by atoms with Gasteiger partial charge in [0.15, 0.2) is 0 Å². The van der Waals surface area contributed by atoms with Crippen molar-refractivity contribution < 1.29 is 19.3 Å². The van der Waals surface area contributed by atoms with E-state index < -0.39 is 0 Å². The minimum Gasteiger partial charge on any atom is -0.389 e. The van der Waals surface area contributed by atoms with Crippen molar-refractivity contribution in [2.45, 2.75) is 62.9 Å². The molecule has 2 aliphatic carbocycles. The Labute approximate surface area is 144 Å². The second kappa shape index (κ2) is 11.2. The third kappa shape index (κ3) is 10.2. The highest BCUT2D eigenvalue weighted by Crippen LogP contribution is 2.16. The number of halogens is 1. The summed E-state index contributed by atoms with van der Waals surface area (Å²) in [6.07, 6.45) is 16.2. The number of alkyl halides is 1. The van der Waals surface area contributed by atoms with E-state index in [1.54, 1.807) is 0 Å². The summed E-state index contributed by atoms with van der Waals surface area (Å²) in [5.74, 6) is 0.667. The first-order valence-corrected chi connectivity index (χ1v) is 9.23. The largest absolute Gasteiger partial charge is 0.389 e. The van der Waals surface area contributed by atoms with Crippen molar-refractivity contribution in [3.05, 3.63) is 24.3 Å². The monoisotopic (exact) mass is 344 g/mol. The second-order valence-corrected chi connectivity index (χ2v) is 6.53. The lowest BCUT2D eigenvalue weighted by atomic mass is 10.1. The first-order valence-electron chi connectivity index (χ1n) is 8.70. The highest BCUT2D eigenvalue weighted by atomic mass is 35.5. The fourth-order valence-corrected chi connectivity index (χ4v) is 2.44. The van der Waals surface area contributed by atoms with Crippen LogP contribution in [0.5, 0.6) is 0 Å². The molecule has 0 amide bonds. The molecular weight excluding hydrogens is 316 g/mol. The van der Waals surface area contributed by atoms with Gasteiger partial charge in [0.05, 0.1) is 44.0 Å². The highest BCUT2D eigenvalue weighted by Gasteiger charge is 2.23. The van der Waals surface area contributed by atoms with Crippen LogP contribution >= 0.6 is 11.6 Å². The lowest BCUT2D eigenvalue weighted by molar-refractivity contribution is 0.0632. The van der Waals surface area contributed by atoms with Crippen LogP contribution in [0.25, 0.3) is 0 Å². The molecular formula is C18H29ClO4. The molecule has 4 unspecified atom stereocenters. The van der Waals surface area contributed by atoms with Crippen molar-refractivity contribution in [2.24, 2.45) is 0 Å². The van der Waals surface area contributed by atoms with Crippen molar-refractivity contribution in [3.63, 3.8) is 0 Å². The Bertz CT molecular complexity index is 364. The van der Waals surface area contributed by atoms with Gasteiger partial charge in [-0.25, -0.2) is 0 Å². The van der Waals surface area contributed by atoms with Crippen LogP contribution in [-0.2, 0) is 14.2 Å². The molecule has 0 radical (unpaired) electrons. The van der Waals surface area contributed by atoms with Gasteiger partial charge >= 0.3 is 0 Å². The molecule has 2 fully saturated rings. The maximum absolute atomic E-state index is 8.82. The molecule has 4 aliphatic rings. The quantitative estimate of drug-likeness (QED) is 0.483. The Hall–Kier alpha value is -0.390. The average molecular weight is 345 g/mol. The molecule has 2 aliphatic heterocycles. The summed E-state index contributed by atoms with van der Waals surface area (Å²) in [6, 6.07) is 0. The van der Waals surface area contributed by atoms with Crippen LogP contribution in [0.4, 0.5) is 0 Å². The smallest absolute Gasteiger partial charge is 0.104 e. The van der Waals surface area contributed by atoms with Gasteiger partial charge in [-0.15, -0.1) is 11.6 Å². The molecule has 23 heavy (non-hydrogen) atoms. The third-order valence-corrected chi connectivity index (χ3v) is 4.26. The van der Waals surface area contributed by atoms with Gasteiger partial charge in [0, 0.05) is 0 Å². The van der Waals surface area contributed by atoms with E-state index in [-0.39, 0.29) is 6.10 Å². The Morgan fingerprint density at radius 1 is 1.00 bits per heavy atom. The molecule has 0 aromatic rings. The minimum atomic E-state index is -0.145. The molecule has 0 aromatic carbocycles. The summed E-state index contributed by atoms with van der Waals surface area (Å²) in [5.41, 5.74) is 0. The molecule has 0 bridgehead atoms. The van der Waals surface area contributed by atoms with Gasteiger partial charge in [-0.05, 0) is 38.5 Å². The number of hydrogen-bond acceptors (Lipinski definition) is 4. The van der Waals surface area contributed by atoms with E-state index in [2.05, 4.69) is 12.2 Å². The highest BCUT2D eigenvalue weighted by molar-refractivity contribution is 6.18. The van der Waals surface area contributed by atoms with Crippen LogP contribution in [0, 0.1) is 0 Å². The Morgan fingerprint density at radius 2 is 1.65 bits per heavy atom. The van der Waals surface area contributed by atoms with E-state index in [4.69, 9.17) is 30.9 Å². The maximum atomic E-state index is 8.82. The van der Waals surface area contributed by atoms with Gasteiger partial charge in [-0.1, -0.05) is 24.3 Å². The molecule has 4 nitrogen and oxygen atoms in total. The van der Waals surface area contributed by atoms with Gasteiger partial charge in [0.25, 0.3) is 0 Å². The molecule has 2 heterocycles. The standard InChI is InChI=1S/C9H14O2.C6H10O.C3H5ClO/c1-2-4-8(5-3-1)10-6-9-7-11-9;7-6-4-2-1-3-5-6;4-1-3-2-5-3/h2,4,8-9H,1,3,5-7H2;2,4,6-7H,1,3,5H2;3H,1-2H2. The van der Waals surface area contributed by atoms with Gasteiger partial charge in [-0.3, -0.25) is 0 Å². The van der Waals surface area contributed by atoms with Crippen LogP contribution in [0.3, 0.4) is 0 Å². The fraction of sp³-hybridized carbons (Fsp3) is 0.778. The van der Waals surface area contributed by atoms with Crippen LogP contribution in [0.15, 0.2) is 24.3 Å². The molecule has 132 valence electrons. The van der Waals surface area contributed by atoms with Crippen molar-refractivity contribution in [2.75, 3.05) is 25.7 Å². The van der Waals surface area contributed by atoms with Gasteiger partial charge in [0.1, 0.15) is 6.10 Å². The number of hydrogen-bond donors (Lipinski definition) is 1. The normalized spacial score (nSPS) is 33.8. The van der Waals surface area contributed by atoms with Crippen LogP contribution < -0.4 is 0 Å². The van der Waals surface area contributed by atoms with Crippen LogP contribution in [0.1, 0.15) is 38.5 Å². The molecule has 1 N–H and O–H groups in total. The van der Waals surface area contributed by atoms with E-state index in [0.717, 1.165) is 39.1 Å². The van der Waals surface area contributed by atoms with Crippen molar-refractivity contribution in [1.29, 1.82) is 0 Å². The molecule has 0 saturated carbocycles. The van der Waals surface area contributed by atoms with Gasteiger partial charge in [0.2, 0.25) is 0 Å². The Kier molecular flexibility index (Phi) is 9.24. The van der Waals surface area contributed by atoms with Crippen LogP contribution in [0.2, 0.25) is 0 Å². The topological polar surface area (TPSA) is 54.5 Å². The van der Waals surface area contributed by atoms with Gasteiger partial charge < -0.3 is 19.3 Å². The van der Waals surface area contributed by atoms with E-state index in [1.807, 2.05) is 12.2 Å². The molecule has 0 spiro atoms.